The highest BCUT2D eigenvalue weighted by Crippen LogP contribution is 2.34. The average molecular weight is 454 g/mol. The Morgan fingerprint density at radius 3 is 2.67 bits per heavy atom. The third kappa shape index (κ3) is 5.16. The van der Waals surface area contributed by atoms with Gasteiger partial charge in [-0.05, 0) is 29.8 Å². The number of esters is 1. The minimum atomic E-state index is -1.03. The van der Waals surface area contributed by atoms with Gasteiger partial charge in [-0.2, -0.15) is 0 Å². The first-order valence-corrected chi connectivity index (χ1v) is 10.0. The van der Waals surface area contributed by atoms with Crippen molar-refractivity contribution >= 4 is 35.3 Å². The highest BCUT2D eigenvalue weighted by atomic mass is 35.5. The molecule has 1 N–H and O–H groups in total. The van der Waals surface area contributed by atoms with Crippen LogP contribution in [0.15, 0.2) is 42.5 Å². The number of hydrogen-bond acceptors (Lipinski definition) is 5. The van der Waals surface area contributed by atoms with Gasteiger partial charge in [-0.1, -0.05) is 41.4 Å². The molecule has 1 heterocycles. The first-order chi connectivity index (χ1) is 14.4. The molecule has 1 saturated heterocycles. The molecule has 3 rings (SSSR count). The average Bonchev–Trinajstić information content (AvgIpc) is 2.96. The zero-order valence-corrected chi connectivity index (χ0v) is 17.7. The molecule has 1 aliphatic rings. The Hall–Kier alpha value is -2.48. The summed E-state index contributed by atoms with van der Waals surface area (Å²) >= 11 is 12.2. The molecule has 9 heteroatoms. The van der Waals surface area contributed by atoms with E-state index in [1.165, 1.54) is 12.0 Å². The van der Waals surface area contributed by atoms with Crippen LogP contribution in [0.4, 0.5) is 4.79 Å². The zero-order valence-electron chi connectivity index (χ0n) is 16.2. The van der Waals surface area contributed by atoms with E-state index in [2.05, 4.69) is 0 Å². The van der Waals surface area contributed by atoms with Gasteiger partial charge in [0.2, 0.25) is 0 Å². The van der Waals surface area contributed by atoms with Crippen molar-refractivity contribution < 1.29 is 28.9 Å². The molecular weight excluding hydrogens is 433 g/mol. The first-order valence-electron chi connectivity index (χ1n) is 9.25. The number of methoxy groups -OCH3 is 1. The summed E-state index contributed by atoms with van der Waals surface area (Å²) in [5.41, 5.74) is 1.06. The molecule has 30 heavy (non-hydrogen) atoms. The second-order valence-electron chi connectivity index (χ2n) is 6.75. The number of carboxylic acid groups (broad SMARTS) is 1. The quantitative estimate of drug-likeness (QED) is 0.669. The summed E-state index contributed by atoms with van der Waals surface area (Å²) in [7, 11) is 1.29. The Balaban J connectivity index is 1.87. The van der Waals surface area contributed by atoms with Gasteiger partial charge in [-0.15, -0.1) is 0 Å². The number of ether oxygens (including phenoxy) is 3. The van der Waals surface area contributed by atoms with Gasteiger partial charge in [0.05, 0.1) is 36.5 Å². The highest BCUT2D eigenvalue weighted by Gasteiger charge is 2.32. The standard InChI is InChI=1S/C21H21Cl2NO6/c1-28-20(25)15-4-2-3-5-18(15)30-12-14-11-24(21(26)27)8-9-29-19(14)13-6-7-16(22)17(23)10-13/h2-7,10,14,19H,8-9,11-12H2,1H3,(H,26,27)/t14-,19-/m0/s1. The summed E-state index contributed by atoms with van der Waals surface area (Å²) in [5, 5.41) is 10.3. The van der Waals surface area contributed by atoms with E-state index in [1.54, 1.807) is 42.5 Å². The maximum atomic E-state index is 12.0. The second kappa shape index (κ2) is 10.0. The second-order valence-corrected chi connectivity index (χ2v) is 7.57. The van der Waals surface area contributed by atoms with Crippen LogP contribution in [-0.2, 0) is 9.47 Å². The van der Waals surface area contributed by atoms with Crippen LogP contribution < -0.4 is 4.74 Å². The number of benzene rings is 2. The molecule has 1 amide bonds. The van der Waals surface area contributed by atoms with Gasteiger partial charge >= 0.3 is 12.1 Å². The maximum Gasteiger partial charge on any atom is 0.407 e. The van der Waals surface area contributed by atoms with Gasteiger partial charge in [0.15, 0.2) is 0 Å². The lowest BCUT2D eigenvalue weighted by Crippen LogP contribution is -2.37. The van der Waals surface area contributed by atoms with E-state index < -0.39 is 18.2 Å². The molecule has 1 fully saturated rings. The van der Waals surface area contributed by atoms with Gasteiger partial charge in [0, 0.05) is 19.0 Å². The summed E-state index contributed by atoms with van der Waals surface area (Å²) < 4.78 is 16.7. The smallest absolute Gasteiger partial charge is 0.407 e. The molecule has 0 aromatic heterocycles. The summed E-state index contributed by atoms with van der Waals surface area (Å²) in [6.07, 6.45) is -1.50. The van der Waals surface area contributed by atoms with Crippen molar-refractivity contribution in [3.8, 4) is 5.75 Å². The number of amides is 1. The van der Waals surface area contributed by atoms with E-state index in [4.69, 9.17) is 37.4 Å². The summed E-state index contributed by atoms with van der Waals surface area (Å²) in [6, 6.07) is 11.9. The molecule has 0 unspecified atom stereocenters. The Bertz CT molecular complexity index is 922. The van der Waals surface area contributed by atoms with E-state index in [9.17, 15) is 14.7 Å². The van der Waals surface area contributed by atoms with Crippen LogP contribution in [0.1, 0.15) is 22.0 Å². The fourth-order valence-electron chi connectivity index (χ4n) is 3.34. The monoisotopic (exact) mass is 453 g/mol. The number of carbonyl (C=O) groups excluding carboxylic acids is 1. The molecule has 2 aromatic carbocycles. The maximum absolute atomic E-state index is 12.0. The van der Waals surface area contributed by atoms with Crippen molar-refractivity contribution in [1.29, 1.82) is 0 Å². The predicted molar refractivity (Wildman–Crippen MR) is 112 cm³/mol. The van der Waals surface area contributed by atoms with E-state index in [1.807, 2.05) is 0 Å². The molecule has 0 saturated carbocycles. The van der Waals surface area contributed by atoms with Crippen LogP contribution in [0.2, 0.25) is 10.0 Å². The van der Waals surface area contributed by atoms with Gasteiger partial charge in [-0.25, -0.2) is 9.59 Å². The van der Waals surface area contributed by atoms with E-state index in [0.717, 1.165) is 5.56 Å². The fraction of sp³-hybridized carbons (Fsp3) is 0.333. The van der Waals surface area contributed by atoms with Crippen LogP contribution in [0, 0.1) is 5.92 Å². The number of hydrogen-bond donors (Lipinski definition) is 1. The summed E-state index contributed by atoms with van der Waals surface area (Å²) in [4.78, 5) is 24.9. The summed E-state index contributed by atoms with van der Waals surface area (Å²) in [6.45, 7) is 0.776. The predicted octanol–water partition coefficient (Wildman–Crippen LogP) is 4.53. The van der Waals surface area contributed by atoms with Crippen LogP contribution in [0.25, 0.3) is 0 Å². The Labute approximate surface area is 184 Å². The SMILES string of the molecule is COC(=O)c1ccccc1OC[C@@H]1CN(C(=O)O)CCO[C@H]1c1ccc(Cl)c(Cl)c1. The van der Waals surface area contributed by atoms with Crippen molar-refractivity contribution in [3.63, 3.8) is 0 Å². The lowest BCUT2D eigenvalue weighted by Gasteiger charge is -2.27. The molecule has 160 valence electrons. The number of nitrogens with zero attached hydrogens (tertiary/aromatic N) is 1. The normalized spacial score (nSPS) is 19.1. The molecule has 0 radical (unpaired) electrons. The van der Waals surface area contributed by atoms with Crippen LogP contribution in [-0.4, -0.2) is 55.5 Å². The number of rotatable bonds is 5. The molecule has 0 aliphatic carbocycles. The lowest BCUT2D eigenvalue weighted by molar-refractivity contribution is 0.0150. The van der Waals surface area contributed by atoms with Gasteiger partial charge in [0.25, 0.3) is 0 Å². The van der Waals surface area contributed by atoms with Crippen LogP contribution >= 0.6 is 23.2 Å². The minimum absolute atomic E-state index is 0.114. The van der Waals surface area contributed by atoms with Gasteiger partial charge in [-0.3, -0.25) is 0 Å². The molecule has 2 aromatic rings. The minimum Gasteiger partial charge on any atom is -0.492 e. The third-order valence-corrected chi connectivity index (χ3v) is 5.57. The number of para-hydroxylation sites is 1. The molecule has 2 atom stereocenters. The molecule has 7 nitrogen and oxygen atoms in total. The number of carbonyl (C=O) groups is 2. The first kappa shape index (κ1) is 22.2. The zero-order chi connectivity index (χ0) is 21.7. The highest BCUT2D eigenvalue weighted by molar-refractivity contribution is 6.42. The Morgan fingerprint density at radius 2 is 1.97 bits per heavy atom. The Morgan fingerprint density at radius 1 is 1.20 bits per heavy atom. The van der Waals surface area contributed by atoms with Crippen molar-refractivity contribution in [2.75, 3.05) is 33.4 Å². The third-order valence-electron chi connectivity index (χ3n) is 4.83. The molecule has 0 bridgehead atoms. The van der Waals surface area contributed by atoms with Crippen molar-refractivity contribution in [2.24, 2.45) is 5.92 Å². The van der Waals surface area contributed by atoms with Crippen molar-refractivity contribution in [2.45, 2.75) is 6.10 Å². The van der Waals surface area contributed by atoms with Gasteiger partial charge in [0.1, 0.15) is 11.3 Å². The summed E-state index contributed by atoms with van der Waals surface area (Å²) in [5.74, 6) is -0.522. The fourth-order valence-corrected chi connectivity index (χ4v) is 3.64. The van der Waals surface area contributed by atoms with Gasteiger partial charge < -0.3 is 24.2 Å². The lowest BCUT2D eigenvalue weighted by atomic mass is 9.95. The van der Waals surface area contributed by atoms with Crippen LogP contribution in [0.5, 0.6) is 5.75 Å². The van der Waals surface area contributed by atoms with Crippen molar-refractivity contribution in [1.82, 2.24) is 4.90 Å². The molecular formula is C21H21Cl2NO6. The largest absolute Gasteiger partial charge is 0.492 e. The van der Waals surface area contributed by atoms with E-state index >= 15 is 0 Å². The Kier molecular flexibility index (Phi) is 7.42. The molecule has 1 aliphatic heterocycles. The van der Waals surface area contributed by atoms with Crippen molar-refractivity contribution in [3.05, 3.63) is 63.6 Å². The topological polar surface area (TPSA) is 85.3 Å². The number of halogens is 2. The van der Waals surface area contributed by atoms with Crippen LogP contribution in [0.3, 0.4) is 0 Å². The van der Waals surface area contributed by atoms with E-state index in [-0.39, 0.29) is 37.8 Å². The van der Waals surface area contributed by atoms with E-state index in [0.29, 0.717) is 15.8 Å². The molecule has 0 spiro atoms.